The second kappa shape index (κ2) is 5.71. The van der Waals surface area contributed by atoms with Crippen LogP contribution in [-0.4, -0.2) is 11.0 Å². The van der Waals surface area contributed by atoms with Gasteiger partial charge in [0.25, 0.3) is 5.91 Å². The molecule has 0 unspecified atom stereocenters. The van der Waals surface area contributed by atoms with Crippen LogP contribution >= 0.6 is 11.6 Å². The topological polar surface area (TPSA) is 49.3 Å². The molecule has 0 spiro atoms. The van der Waals surface area contributed by atoms with Crippen molar-refractivity contribution in [1.29, 1.82) is 0 Å². The number of phenols is 1. The fraction of sp³-hybridized carbons (Fsp3) is 0.0714. The Morgan fingerprint density at radius 2 is 1.89 bits per heavy atom. The summed E-state index contributed by atoms with van der Waals surface area (Å²) < 4.78 is 12.7. The summed E-state index contributed by atoms with van der Waals surface area (Å²) in [4.78, 5) is 11.9. The van der Waals surface area contributed by atoms with Crippen molar-refractivity contribution in [3.63, 3.8) is 0 Å². The molecule has 0 aliphatic rings. The van der Waals surface area contributed by atoms with E-state index in [1.165, 1.54) is 30.3 Å². The van der Waals surface area contributed by atoms with Gasteiger partial charge >= 0.3 is 0 Å². The van der Waals surface area contributed by atoms with Crippen LogP contribution in [-0.2, 0) is 6.54 Å². The first kappa shape index (κ1) is 13.4. The first-order chi connectivity index (χ1) is 9.06. The third-order valence-corrected chi connectivity index (χ3v) is 2.80. The van der Waals surface area contributed by atoms with Crippen LogP contribution in [0.25, 0.3) is 0 Å². The molecule has 5 heteroatoms. The van der Waals surface area contributed by atoms with Crippen molar-refractivity contribution in [3.05, 3.63) is 64.4 Å². The van der Waals surface area contributed by atoms with Crippen molar-refractivity contribution in [1.82, 2.24) is 5.32 Å². The summed E-state index contributed by atoms with van der Waals surface area (Å²) in [6.45, 7) is 0.241. The number of carbonyl (C=O) groups excluding carboxylic acids is 1. The molecule has 2 aromatic rings. The zero-order valence-electron chi connectivity index (χ0n) is 9.86. The van der Waals surface area contributed by atoms with E-state index in [2.05, 4.69) is 5.32 Å². The van der Waals surface area contributed by atoms with Gasteiger partial charge in [0.05, 0.1) is 5.56 Å². The Bertz CT molecular complexity index is 599. The summed E-state index contributed by atoms with van der Waals surface area (Å²) in [5.74, 6) is -0.909. The summed E-state index contributed by atoms with van der Waals surface area (Å²) >= 11 is 5.76. The zero-order valence-corrected chi connectivity index (χ0v) is 10.6. The minimum atomic E-state index is -0.440. The Labute approximate surface area is 114 Å². The Kier molecular flexibility index (Phi) is 4.02. The van der Waals surface area contributed by atoms with Crippen LogP contribution in [0.2, 0.25) is 5.02 Å². The van der Waals surface area contributed by atoms with Gasteiger partial charge in [0.15, 0.2) is 0 Å². The Balaban J connectivity index is 2.05. The number of rotatable bonds is 3. The van der Waals surface area contributed by atoms with Crippen molar-refractivity contribution in [2.24, 2.45) is 0 Å². The van der Waals surface area contributed by atoms with Crippen LogP contribution in [0.4, 0.5) is 4.39 Å². The molecule has 1 amide bonds. The van der Waals surface area contributed by atoms with E-state index >= 15 is 0 Å². The van der Waals surface area contributed by atoms with Crippen molar-refractivity contribution in [2.75, 3.05) is 0 Å². The van der Waals surface area contributed by atoms with Gasteiger partial charge in [-0.05, 0) is 35.9 Å². The minimum Gasteiger partial charge on any atom is -0.507 e. The number of nitrogens with one attached hydrogen (secondary N) is 1. The number of benzene rings is 2. The predicted molar refractivity (Wildman–Crippen MR) is 70.7 cm³/mol. The smallest absolute Gasteiger partial charge is 0.255 e. The standard InChI is InChI=1S/C14H11ClFNO2/c15-10-3-6-13(18)12(7-10)14(19)17-8-9-1-4-11(16)5-2-9/h1-7,18H,8H2,(H,17,19). The van der Waals surface area contributed by atoms with Crippen LogP contribution in [0.5, 0.6) is 5.75 Å². The lowest BCUT2D eigenvalue weighted by Gasteiger charge is -2.07. The molecule has 0 fully saturated rings. The summed E-state index contributed by atoms with van der Waals surface area (Å²) in [7, 11) is 0. The Hall–Kier alpha value is -2.07. The van der Waals surface area contributed by atoms with Gasteiger partial charge in [-0.2, -0.15) is 0 Å². The number of amides is 1. The van der Waals surface area contributed by atoms with Crippen LogP contribution in [0.3, 0.4) is 0 Å². The summed E-state index contributed by atoms with van der Waals surface area (Å²) in [5, 5.41) is 12.6. The van der Waals surface area contributed by atoms with E-state index in [-0.39, 0.29) is 23.7 Å². The fourth-order valence-electron chi connectivity index (χ4n) is 1.57. The Morgan fingerprint density at radius 1 is 1.21 bits per heavy atom. The number of halogens is 2. The highest BCUT2D eigenvalue weighted by Gasteiger charge is 2.11. The van der Waals surface area contributed by atoms with Crippen LogP contribution in [0, 0.1) is 5.82 Å². The average Bonchev–Trinajstić information content (AvgIpc) is 2.40. The maximum atomic E-state index is 12.7. The van der Waals surface area contributed by atoms with Crippen molar-refractivity contribution in [2.45, 2.75) is 6.54 Å². The van der Waals surface area contributed by atoms with Crippen LogP contribution < -0.4 is 5.32 Å². The summed E-state index contributed by atoms with van der Waals surface area (Å²) in [6.07, 6.45) is 0. The third-order valence-electron chi connectivity index (χ3n) is 2.57. The van der Waals surface area contributed by atoms with E-state index in [1.54, 1.807) is 12.1 Å². The van der Waals surface area contributed by atoms with E-state index in [1.807, 2.05) is 0 Å². The van der Waals surface area contributed by atoms with Crippen LogP contribution in [0.15, 0.2) is 42.5 Å². The molecule has 2 N–H and O–H groups in total. The SMILES string of the molecule is O=C(NCc1ccc(F)cc1)c1cc(Cl)ccc1O. The molecular weight excluding hydrogens is 269 g/mol. The number of hydrogen-bond donors (Lipinski definition) is 2. The normalized spacial score (nSPS) is 10.2. The second-order valence-corrected chi connectivity index (χ2v) is 4.41. The highest BCUT2D eigenvalue weighted by molar-refractivity contribution is 6.31. The lowest BCUT2D eigenvalue weighted by molar-refractivity contribution is 0.0948. The molecule has 2 rings (SSSR count). The van der Waals surface area contributed by atoms with Gasteiger partial charge in [-0.25, -0.2) is 4.39 Å². The molecule has 0 bridgehead atoms. The quantitative estimate of drug-likeness (QED) is 0.907. The lowest BCUT2D eigenvalue weighted by Crippen LogP contribution is -2.22. The van der Waals surface area contributed by atoms with E-state index in [4.69, 9.17) is 11.6 Å². The van der Waals surface area contributed by atoms with Gasteiger partial charge in [-0.3, -0.25) is 4.79 Å². The molecule has 0 atom stereocenters. The van der Waals surface area contributed by atoms with E-state index < -0.39 is 5.91 Å². The Morgan fingerprint density at radius 3 is 2.58 bits per heavy atom. The van der Waals surface area contributed by atoms with E-state index in [9.17, 15) is 14.3 Å². The lowest BCUT2D eigenvalue weighted by atomic mass is 10.1. The highest BCUT2D eigenvalue weighted by Crippen LogP contribution is 2.21. The first-order valence-electron chi connectivity index (χ1n) is 5.57. The van der Waals surface area contributed by atoms with Crippen molar-refractivity contribution in [3.8, 4) is 5.75 Å². The van der Waals surface area contributed by atoms with Gasteiger partial charge in [-0.15, -0.1) is 0 Å². The molecule has 98 valence electrons. The number of hydrogen-bond acceptors (Lipinski definition) is 2. The minimum absolute atomic E-state index is 0.106. The molecular formula is C14H11ClFNO2. The zero-order chi connectivity index (χ0) is 13.8. The number of aromatic hydroxyl groups is 1. The first-order valence-corrected chi connectivity index (χ1v) is 5.95. The van der Waals surface area contributed by atoms with E-state index in [0.29, 0.717) is 5.02 Å². The molecule has 2 aromatic carbocycles. The van der Waals surface area contributed by atoms with Gasteiger partial charge in [0.2, 0.25) is 0 Å². The highest BCUT2D eigenvalue weighted by atomic mass is 35.5. The molecule has 0 saturated heterocycles. The summed E-state index contributed by atoms with van der Waals surface area (Å²) in [6, 6.07) is 10.0. The van der Waals surface area contributed by atoms with Gasteiger partial charge < -0.3 is 10.4 Å². The van der Waals surface area contributed by atoms with Crippen molar-refractivity contribution < 1.29 is 14.3 Å². The largest absolute Gasteiger partial charge is 0.507 e. The predicted octanol–water partition coefficient (Wildman–Crippen LogP) is 3.11. The average molecular weight is 280 g/mol. The second-order valence-electron chi connectivity index (χ2n) is 3.97. The maximum Gasteiger partial charge on any atom is 0.255 e. The molecule has 0 saturated carbocycles. The molecule has 19 heavy (non-hydrogen) atoms. The molecule has 0 aliphatic carbocycles. The summed E-state index contributed by atoms with van der Waals surface area (Å²) in [5.41, 5.74) is 0.867. The van der Waals surface area contributed by atoms with Crippen molar-refractivity contribution >= 4 is 17.5 Å². The van der Waals surface area contributed by atoms with E-state index in [0.717, 1.165) is 5.56 Å². The fourth-order valence-corrected chi connectivity index (χ4v) is 1.74. The monoisotopic (exact) mass is 279 g/mol. The third kappa shape index (κ3) is 3.45. The molecule has 0 aromatic heterocycles. The van der Waals surface area contributed by atoms with Gasteiger partial charge in [0, 0.05) is 11.6 Å². The molecule has 0 aliphatic heterocycles. The van der Waals surface area contributed by atoms with Gasteiger partial charge in [0.1, 0.15) is 11.6 Å². The molecule has 0 heterocycles. The number of carbonyl (C=O) groups is 1. The number of phenolic OH excluding ortho intramolecular Hbond substituents is 1. The van der Waals surface area contributed by atoms with Crippen LogP contribution in [0.1, 0.15) is 15.9 Å². The molecule has 0 radical (unpaired) electrons. The maximum absolute atomic E-state index is 12.7. The van der Waals surface area contributed by atoms with Gasteiger partial charge in [-0.1, -0.05) is 23.7 Å². The molecule has 3 nitrogen and oxygen atoms in total.